The number of esters is 1. The van der Waals surface area contributed by atoms with Crippen LogP contribution in [0.2, 0.25) is 0 Å². The highest BCUT2D eigenvalue weighted by Gasteiger charge is 2.48. The molecular weight excluding hydrogens is 738 g/mol. The Hall–Kier alpha value is -3.94. The SMILES string of the molecule is CCCCCCCC(CCCCCCC)OC(=O)[C@H](Cc1ccccc1)NP(=O)(OC[C@@]1(C)O[C@@H](n2cnc3c(N)nc(F)nc32)C[C@@H]1O)Oc1ccccc1. The van der Waals surface area contributed by atoms with Gasteiger partial charge in [0.1, 0.15) is 29.7 Å². The minimum Gasteiger partial charge on any atom is -0.461 e. The fourth-order valence-electron chi connectivity index (χ4n) is 6.91. The number of halogens is 1. The molecule has 13 nitrogen and oxygen atoms in total. The molecule has 0 amide bonds. The lowest BCUT2D eigenvalue weighted by Crippen LogP contribution is -2.44. The van der Waals surface area contributed by atoms with Crippen LogP contribution >= 0.6 is 7.75 Å². The second-order valence-electron chi connectivity index (χ2n) is 14.8. The van der Waals surface area contributed by atoms with Gasteiger partial charge in [0.15, 0.2) is 17.0 Å². The molecule has 2 aromatic heterocycles. The van der Waals surface area contributed by atoms with E-state index in [1.807, 2.05) is 30.3 Å². The number of nitrogens with zero attached hydrogens (tertiary/aromatic N) is 4. The summed E-state index contributed by atoms with van der Waals surface area (Å²) >= 11 is 0. The molecule has 5 rings (SSSR count). The molecule has 0 aliphatic carbocycles. The van der Waals surface area contributed by atoms with Crippen LogP contribution in [0.4, 0.5) is 10.2 Å². The van der Waals surface area contributed by atoms with E-state index in [2.05, 4.69) is 33.9 Å². The number of hydrogen-bond acceptors (Lipinski definition) is 11. The molecule has 5 atom stereocenters. The molecule has 0 bridgehead atoms. The largest absolute Gasteiger partial charge is 0.461 e. The number of rotatable bonds is 24. The summed E-state index contributed by atoms with van der Waals surface area (Å²) in [6.45, 7) is 5.56. The smallest absolute Gasteiger partial charge is 0.459 e. The van der Waals surface area contributed by atoms with Gasteiger partial charge in [-0.05, 0) is 56.7 Å². The monoisotopic (exact) mass is 796 g/mol. The minimum atomic E-state index is -4.40. The number of nitrogens with two attached hydrogens (primary N) is 1. The van der Waals surface area contributed by atoms with Crippen molar-refractivity contribution in [3.05, 3.63) is 78.6 Å². The van der Waals surface area contributed by atoms with Crippen molar-refractivity contribution in [2.45, 2.75) is 141 Å². The van der Waals surface area contributed by atoms with Crippen molar-refractivity contribution in [1.82, 2.24) is 24.6 Å². The van der Waals surface area contributed by atoms with Gasteiger partial charge in [0, 0.05) is 6.42 Å². The van der Waals surface area contributed by atoms with Crippen molar-refractivity contribution in [2.75, 3.05) is 12.3 Å². The average Bonchev–Trinajstić information content (AvgIpc) is 3.74. The van der Waals surface area contributed by atoms with E-state index in [0.29, 0.717) is 0 Å². The summed E-state index contributed by atoms with van der Waals surface area (Å²) in [6, 6.07) is 16.8. The van der Waals surface area contributed by atoms with Gasteiger partial charge in [0.05, 0.1) is 19.0 Å². The normalized spacial score (nSPS) is 20.0. The second-order valence-corrected chi connectivity index (χ2v) is 16.5. The van der Waals surface area contributed by atoms with Crippen LogP contribution in [0.15, 0.2) is 67.0 Å². The highest BCUT2D eigenvalue weighted by atomic mass is 31.2. The van der Waals surface area contributed by atoms with Gasteiger partial charge in [-0.2, -0.15) is 19.4 Å². The standard InChI is InChI=1S/C41H58FN6O7P/c1-4-6-8-10-16-22-31(23-17-11-9-7-5-2)53-39(50)33(26-30-20-14-12-15-21-30)47-56(51,55-32-24-18-13-19-25-32)52-28-41(3)34(49)27-35(54-41)48-29-44-36-37(43)45-40(42)46-38(36)48/h12-15,18-21,24-25,29,31,33-35,49H,4-11,16-17,22-23,26-28H2,1-3H3,(H,47,51)(H2,43,45,46)/t33-,34-,35+,41+,56?/m0/s1. The Kier molecular flexibility index (Phi) is 16.2. The van der Waals surface area contributed by atoms with E-state index in [0.717, 1.165) is 69.8 Å². The average molecular weight is 797 g/mol. The van der Waals surface area contributed by atoms with Gasteiger partial charge in [-0.15, -0.1) is 0 Å². The van der Waals surface area contributed by atoms with Crippen molar-refractivity contribution in [3.8, 4) is 5.75 Å². The van der Waals surface area contributed by atoms with E-state index in [1.54, 1.807) is 37.3 Å². The number of carbonyl (C=O) groups is 1. The molecule has 306 valence electrons. The van der Waals surface area contributed by atoms with Crippen LogP contribution in [0.3, 0.4) is 0 Å². The third-order valence-electron chi connectivity index (χ3n) is 10.2. The first-order valence-electron chi connectivity index (χ1n) is 20.0. The molecule has 3 heterocycles. The summed E-state index contributed by atoms with van der Waals surface area (Å²) in [5.74, 6) is -0.438. The molecule has 2 aromatic carbocycles. The first-order valence-corrected chi connectivity index (χ1v) is 21.6. The third kappa shape index (κ3) is 12.3. The maximum absolute atomic E-state index is 14.9. The number of benzene rings is 2. The molecule has 1 aliphatic heterocycles. The molecule has 0 spiro atoms. The molecule has 1 fully saturated rings. The first kappa shape index (κ1) is 43.2. The predicted molar refractivity (Wildman–Crippen MR) is 213 cm³/mol. The summed E-state index contributed by atoms with van der Waals surface area (Å²) in [5, 5.41) is 14.2. The van der Waals surface area contributed by atoms with Crippen LogP contribution in [-0.4, -0.2) is 61.1 Å². The van der Waals surface area contributed by atoms with E-state index >= 15 is 0 Å². The number of para-hydroxylation sites is 1. The van der Waals surface area contributed by atoms with E-state index in [-0.39, 0.29) is 41.7 Å². The lowest BCUT2D eigenvalue weighted by molar-refractivity contribution is -0.152. The van der Waals surface area contributed by atoms with Gasteiger partial charge in [0.2, 0.25) is 0 Å². The van der Waals surface area contributed by atoms with E-state index in [4.69, 9.17) is 24.3 Å². The Bertz CT molecular complexity index is 1840. The van der Waals surface area contributed by atoms with Crippen LogP contribution in [0.1, 0.15) is 116 Å². The summed E-state index contributed by atoms with van der Waals surface area (Å²) in [4.78, 5) is 25.8. The molecule has 1 aliphatic rings. The van der Waals surface area contributed by atoms with Crippen LogP contribution in [0.25, 0.3) is 11.2 Å². The number of fused-ring (bicyclic) bond motifs is 1. The van der Waals surface area contributed by atoms with E-state index < -0.39 is 50.4 Å². The number of unbranched alkanes of at least 4 members (excludes halogenated alkanes) is 8. The summed E-state index contributed by atoms with van der Waals surface area (Å²) in [6.07, 6.45) is 10.8. The Balaban J connectivity index is 1.36. The number of aliphatic hydroxyl groups excluding tert-OH is 1. The molecule has 1 saturated heterocycles. The number of hydrogen-bond donors (Lipinski definition) is 3. The van der Waals surface area contributed by atoms with Gasteiger partial charge in [-0.3, -0.25) is 13.9 Å². The zero-order valence-corrected chi connectivity index (χ0v) is 33.7. The second kappa shape index (κ2) is 21.0. The number of ether oxygens (including phenoxy) is 2. The highest BCUT2D eigenvalue weighted by molar-refractivity contribution is 7.52. The van der Waals surface area contributed by atoms with Crippen molar-refractivity contribution >= 4 is 30.7 Å². The summed E-state index contributed by atoms with van der Waals surface area (Å²) < 4.78 is 55.2. The number of aromatic nitrogens is 4. The lowest BCUT2D eigenvalue weighted by atomic mass is 10.0. The maximum atomic E-state index is 14.9. The highest BCUT2D eigenvalue weighted by Crippen LogP contribution is 2.48. The lowest BCUT2D eigenvalue weighted by Gasteiger charge is -2.31. The van der Waals surface area contributed by atoms with Gasteiger partial charge in [-0.25, -0.2) is 9.55 Å². The van der Waals surface area contributed by atoms with Crippen molar-refractivity contribution in [1.29, 1.82) is 0 Å². The van der Waals surface area contributed by atoms with Crippen molar-refractivity contribution in [3.63, 3.8) is 0 Å². The van der Waals surface area contributed by atoms with Crippen molar-refractivity contribution < 1.29 is 37.4 Å². The third-order valence-corrected chi connectivity index (χ3v) is 11.7. The van der Waals surface area contributed by atoms with Gasteiger partial charge < -0.3 is 24.8 Å². The Morgan fingerprint density at radius 3 is 2.27 bits per heavy atom. The predicted octanol–water partition coefficient (Wildman–Crippen LogP) is 8.62. The number of imidazole rings is 1. The van der Waals surface area contributed by atoms with E-state index in [9.17, 15) is 18.9 Å². The number of nitrogen functional groups attached to an aromatic ring is 1. The van der Waals surface area contributed by atoms with Crippen LogP contribution in [-0.2, 0) is 29.8 Å². The molecule has 56 heavy (non-hydrogen) atoms. The van der Waals surface area contributed by atoms with Crippen LogP contribution in [0.5, 0.6) is 5.75 Å². The van der Waals surface area contributed by atoms with Gasteiger partial charge in [0.25, 0.3) is 0 Å². The first-order chi connectivity index (χ1) is 27.0. The molecule has 0 saturated carbocycles. The molecule has 1 unspecified atom stereocenters. The molecule has 15 heteroatoms. The Morgan fingerprint density at radius 2 is 1.62 bits per heavy atom. The number of carbonyl (C=O) groups excluding carboxylic acids is 1. The molecule has 0 radical (unpaired) electrons. The fourth-order valence-corrected chi connectivity index (χ4v) is 8.49. The zero-order valence-electron chi connectivity index (χ0n) is 32.9. The quantitative estimate of drug-likeness (QED) is 0.0267. The Labute approximate surface area is 329 Å². The number of aliphatic hydroxyl groups is 1. The van der Waals surface area contributed by atoms with Crippen LogP contribution < -0.4 is 15.3 Å². The summed E-state index contributed by atoms with van der Waals surface area (Å²) in [7, 11) is -4.40. The zero-order chi connectivity index (χ0) is 40.0. The molecular formula is C41H58FN6O7P. The Morgan fingerprint density at radius 1 is 1.00 bits per heavy atom. The molecule has 4 N–H and O–H groups in total. The minimum absolute atomic E-state index is 0.0509. The van der Waals surface area contributed by atoms with E-state index in [1.165, 1.54) is 23.7 Å². The number of nitrogens with one attached hydrogen (secondary N) is 1. The van der Waals surface area contributed by atoms with Gasteiger partial charge >= 0.3 is 19.8 Å². The van der Waals surface area contributed by atoms with Crippen LogP contribution in [0, 0.1) is 6.08 Å². The van der Waals surface area contributed by atoms with Gasteiger partial charge in [-0.1, -0.05) is 114 Å². The molecule has 4 aromatic rings. The van der Waals surface area contributed by atoms with Crippen molar-refractivity contribution in [2.24, 2.45) is 0 Å². The fraction of sp³-hybridized carbons (Fsp3) is 0.561. The topological polar surface area (TPSA) is 173 Å². The summed E-state index contributed by atoms with van der Waals surface area (Å²) in [5.41, 5.74) is 5.54. The number of anilines is 1. The maximum Gasteiger partial charge on any atom is 0.459 e.